The molecule has 3 rings (SSSR count). The second kappa shape index (κ2) is 7.42. The second-order valence-corrected chi connectivity index (χ2v) is 5.48. The molecule has 0 spiro atoms. The number of benzene rings is 1. The van der Waals surface area contributed by atoms with Gasteiger partial charge in [-0.2, -0.15) is 5.10 Å². The molecule has 1 aliphatic heterocycles. The summed E-state index contributed by atoms with van der Waals surface area (Å²) in [6, 6.07) is 8.20. The molecule has 1 atom stereocenters. The maximum absolute atomic E-state index is 12.3. The Morgan fingerprint density at radius 3 is 2.95 bits per heavy atom. The molecule has 1 aliphatic rings. The minimum absolute atomic E-state index is 0. The Labute approximate surface area is 136 Å². The van der Waals surface area contributed by atoms with Crippen molar-refractivity contribution in [2.45, 2.75) is 25.8 Å². The van der Waals surface area contributed by atoms with Crippen LogP contribution in [-0.4, -0.2) is 34.8 Å². The number of nitrogens with zero attached hydrogens (tertiary/aromatic N) is 2. The first kappa shape index (κ1) is 16.5. The summed E-state index contributed by atoms with van der Waals surface area (Å²) in [7, 11) is 0. The van der Waals surface area contributed by atoms with E-state index in [0.29, 0.717) is 5.56 Å². The smallest absolute Gasteiger partial charge is 0.254 e. The molecule has 0 saturated carbocycles. The molecule has 1 amide bonds. The number of aryl methyl sites for hydroxylation is 1. The third-order valence-electron chi connectivity index (χ3n) is 3.84. The lowest BCUT2D eigenvalue weighted by molar-refractivity contribution is 0.0930. The highest BCUT2D eigenvalue weighted by Gasteiger charge is 2.17. The maximum atomic E-state index is 12.3. The fraction of sp³-hybridized carbons (Fsp3) is 0.375. The molecule has 0 unspecified atom stereocenters. The van der Waals surface area contributed by atoms with Gasteiger partial charge in [0.05, 0.1) is 17.4 Å². The number of hydrogen-bond donors (Lipinski definition) is 2. The van der Waals surface area contributed by atoms with E-state index in [9.17, 15) is 4.79 Å². The van der Waals surface area contributed by atoms with E-state index in [1.807, 2.05) is 31.2 Å². The molecule has 6 heteroatoms. The zero-order valence-electron chi connectivity index (χ0n) is 12.6. The number of halogens is 1. The molecule has 1 fully saturated rings. The van der Waals surface area contributed by atoms with E-state index in [-0.39, 0.29) is 24.4 Å². The highest BCUT2D eigenvalue weighted by Crippen LogP contribution is 2.13. The molecule has 22 heavy (non-hydrogen) atoms. The van der Waals surface area contributed by atoms with Gasteiger partial charge in [0.25, 0.3) is 5.91 Å². The summed E-state index contributed by atoms with van der Waals surface area (Å²) in [6.45, 7) is 3.92. The van der Waals surface area contributed by atoms with Crippen molar-refractivity contribution in [1.82, 2.24) is 20.4 Å². The maximum Gasteiger partial charge on any atom is 0.254 e. The third-order valence-corrected chi connectivity index (χ3v) is 3.84. The number of hydrogen-bond acceptors (Lipinski definition) is 3. The number of amides is 1. The summed E-state index contributed by atoms with van der Waals surface area (Å²) in [5.41, 5.74) is 2.73. The number of carbonyl (C=O) groups is 1. The lowest BCUT2D eigenvalue weighted by Gasteiger charge is -2.23. The van der Waals surface area contributed by atoms with Crippen LogP contribution in [0.4, 0.5) is 0 Å². The van der Waals surface area contributed by atoms with Crippen LogP contribution in [0.5, 0.6) is 0 Å². The lowest BCUT2D eigenvalue weighted by atomic mass is 10.1. The topological polar surface area (TPSA) is 59.0 Å². The minimum atomic E-state index is -0.0523. The van der Waals surface area contributed by atoms with Gasteiger partial charge in [-0.1, -0.05) is 18.2 Å². The van der Waals surface area contributed by atoms with Crippen LogP contribution in [0.3, 0.4) is 0 Å². The van der Waals surface area contributed by atoms with Crippen molar-refractivity contribution < 1.29 is 4.79 Å². The molecule has 1 aromatic carbocycles. The Balaban J connectivity index is 0.00000176. The Morgan fingerprint density at radius 2 is 2.23 bits per heavy atom. The molecular weight excluding hydrogens is 300 g/mol. The number of aromatic nitrogens is 2. The van der Waals surface area contributed by atoms with E-state index < -0.39 is 0 Å². The number of nitrogens with one attached hydrogen (secondary N) is 2. The largest absolute Gasteiger partial charge is 0.348 e. The van der Waals surface area contributed by atoms with E-state index in [0.717, 1.165) is 37.2 Å². The first-order valence-electron chi connectivity index (χ1n) is 7.36. The first-order chi connectivity index (χ1) is 10.2. The fourth-order valence-corrected chi connectivity index (χ4v) is 2.64. The number of carbonyl (C=O) groups excluding carboxylic acids is 1. The quantitative estimate of drug-likeness (QED) is 0.910. The SMILES string of the molecule is Cc1ccccc1-n1cc(C(=O)N[C@H]2CCCNC2)cn1.Cl. The van der Waals surface area contributed by atoms with E-state index in [1.165, 1.54) is 0 Å². The van der Waals surface area contributed by atoms with Crippen molar-refractivity contribution >= 4 is 18.3 Å². The predicted octanol–water partition coefficient (Wildman–Crippen LogP) is 2.08. The summed E-state index contributed by atoms with van der Waals surface area (Å²) < 4.78 is 1.75. The zero-order chi connectivity index (χ0) is 14.7. The standard InChI is InChI=1S/C16H20N4O.ClH/c1-12-5-2-3-7-15(12)20-11-13(9-18-20)16(21)19-14-6-4-8-17-10-14;/h2-3,5,7,9,11,14,17H,4,6,8,10H2,1H3,(H,19,21);1H/t14-;/m0./s1. The Morgan fingerprint density at radius 1 is 1.41 bits per heavy atom. The average molecular weight is 321 g/mol. The van der Waals surface area contributed by atoms with Crippen LogP contribution in [0.1, 0.15) is 28.8 Å². The van der Waals surface area contributed by atoms with E-state index in [4.69, 9.17) is 0 Å². The predicted molar refractivity (Wildman–Crippen MR) is 88.9 cm³/mol. The van der Waals surface area contributed by atoms with Gasteiger partial charge in [-0.3, -0.25) is 4.79 Å². The zero-order valence-corrected chi connectivity index (χ0v) is 13.4. The van der Waals surface area contributed by atoms with E-state index in [2.05, 4.69) is 15.7 Å². The average Bonchev–Trinajstić information content (AvgIpc) is 2.98. The van der Waals surface area contributed by atoms with Crippen molar-refractivity contribution in [3.05, 3.63) is 47.8 Å². The van der Waals surface area contributed by atoms with Gasteiger partial charge in [-0.15, -0.1) is 12.4 Å². The van der Waals surface area contributed by atoms with Gasteiger partial charge >= 0.3 is 0 Å². The van der Waals surface area contributed by atoms with Crippen LogP contribution >= 0.6 is 12.4 Å². The normalized spacial score (nSPS) is 17.6. The highest BCUT2D eigenvalue weighted by molar-refractivity contribution is 5.94. The molecule has 0 bridgehead atoms. The van der Waals surface area contributed by atoms with Crippen LogP contribution in [0.2, 0.25) is 0 Å². The minimum Gasteiger partial charge on any atom is -0.348 e. The van der Waals surface area contributed by atoms with Crippen LogP contribution in [-0.2, 0) is 0 Å². The molecule has 1 saturated heterocycles. The van der Waals surface area contributed by atoms with Crippen molar-refractivity contribution in [3.63, 3.8) is 0 Å². The summed E-state index contributed by atoms with van der Waals surface area (Å²) in [6.07, 6.45) is 5.55. The molecule has 2 aromatic rings. The van der Waals surface area contributed by atoms with Gasteiger partial charge in [0, 0.05) is 18.8 Å². The first-order valence-corrected chi connectivity index (χ1v) is 7.36. The van der Waals surface area contributed by atoms with Crippen LogP contribution in [0.15, 0.2) is 36.7 Å². The van der Waals surface area contributed by atoms with Gasteiger partial charge in [0.1, 0.15) is 0 Å². The van der Waals surface area contributed by atoms with Crippen molar-refractivity contribution in [2.75, 3.05) is 13.1 Å². The van der Waals surface area contributed by atoms with Gasteiger partial charge < -0.3 is 10.6 Å². The number of piperidine rings is 1. The molecule has 1 aromatic heterocycles. The number of rotatable bonds is 3. The van der Waals surface area contributed by atoms with Crippen LogP contribution in [0, 0.1) is 6.92 Å². The van der Waals surface area contributed by atoms with Gasteiger partial charge in [0.2, 0.25) is 0 Å². The molecular formula is C16H21ClN4O. The third kappa shape index (κ3) is 3.67. The second-order valence-electron chi connectivity index (χ2n) is 5.48. The van der Waals surface area contributed by atoms with Gasteiger partial charge in [-0.05, 0) is 37.9 Å². The summed E-state index contributed by atoms with van der Waals surface area (Å²) in [5, 5.41) is 10.7. The van der Waals surface area contributed by atoms with Gasteiger partial charge in [0.15, 0.2) is 0 Å². The Hall–Kier alpha value is -1.85. The molecule has 2 N–H and O–H groups in total. The molecule has 118 valence electrons. The molecule has 5 nitrogen and oxygen atoms in total. The summed E-state index contributed by atoms with van der Waals surface area (Å²) in [4.78, 5) is 12.3. The van der Waals surface area contributed by atoms with Crippen LogP contribution in [0.25, 0.3) is 5.69 Å². The molecule has 2 heterocycles. The highest BCUT2D eigenvalue weighted by atomic mass is 35.5. The fourth-order valence-electron chi connectivity index (χ4n) is 2.64. The van der Waals surface area contributed by atoms with Crippen molar-refractivity contribution in [3.8, 4) is 5.69 Å². The van der Waals surface area contributed by atoms with Crippen molar-refractivity contribution in [1.29, 1.82) is 0 Å². The van der Waals surface area contributed by atoms with E-state index >= 15 is 0 Å². The van der Waals surface area contributed by atoms with Crippen LogP contribution < -0.4 is 10.6 Å². The van der Waals surface area contributed by atoms with Crippen molar-refractivity contribution in [2.24, 2.45) is 0 Å². The van der Waals surface area contributed by atoms with Gasteiger partial charge in [-0.25, -0.2) is 4.68 Å². The monoisotopic (exact) mass is 320 g/mol. The summed E-state index contributed by atoms with van der Waals surface area (Å²) in [5.74, 6) is -0.0523. The summed E-state index contributed by atoms with van der Waals surface area (Å²) >= 11 is 0. The van der Waals surface area contributed by atoms with E-state index in [1.54, 1.807) is 17.1 Å². The number of para-hydroxylation sites is 1. The molecule has 0 aliphatic carbocycles. The molecule has 0 radical (unpaired) electrons. The Bertz CT molecular complexity index is 635. The Kier molecular flexibility index (Phi) is 5.57. The lowest BCUT2D eigenvalue weighted by Crippen LogP contribution is -2.45.